The van der Waals surface area contributed by atoms with Crippen LogP contribution in [0.3, 0.4) is 0 Å². The molecule has 4 heteroatoms. The molecule has 0 aromatic heterocycles. The van der Waals surface area contributed by atoms with Gasteiger partial charge in [0.1, 0.15) is 6.04 Å². The summed E-state index contributed by atoms with van der Waals surface area (Å²) in [5.41, 5.74) is 0. The van der Waals surface area contributed by atoms with Gasteiger partial charge in [0.2, 0.25) is 0 Å². The quantitative estimate of drug-likeness (QED) is 0.526. The third kappa shape index (κ3) is 5.58. The molecular weight excluding hydrogens is 156 g/mol. The van der Waals surface area contributed by atoms with Crippen molar-refractivity contribution in [3.8, 4) is 0 Å². The lowest BCUT2D eigenvalue weighted by Gasteiger charge is -1.81. The predicted molar refractivity (Wildman–Crippen MR) is 42.5 cm³/mol. The van der Waals surface area contributed by atoms with Crippen molar-refractivity contribution in [3.63, 3.8) is 0 Å². The molecule has 68 valence electrons. The van der Waals surface area contributed by atoms with Crippen molar-refractivity contribution in [2.24, 2.45) is 5.11 Å². The molecule has 1 aliphatic heterocycles. The van der Waals surface area contributed by atoms with E-state index in [1.165, 1.54) is 0 Å². The van der Waals surface area contributed by atoms with Gasteiger partial charge in [-0.25, -0.2) is 0 Å². The van der Waals surface area contributed by atoms with Crippen LogP contribution in [0.15, 0.2) is 17.4 Å². The maximum Gasteiger partial charge on any atom is 0.194 e. The SMILES string of the molecule is CC(=O)[O-].CC[N+]1=NC(C)C=C1. The second-order valence-corrected chi connectivity index (χ2v) is 2.44. The Kier molecular flexibility index (Phi) is 4.92. The van der Waals surface area contributed by atoms with Crippen LogP contribution in [-0.4, -0.2) is 23.3 Å². The summed E-state index contributed by atoms with van der Waals surface area (Å²) in [7, 11) is 0. The van der Waals surface area contributed by atoms with Crippen molar-refractivity contribution in [1.82, 2.24) is 0 Å². The van der Waals surface area contributed by atoms with Crippen molar-refractivity contribution in [1.29, 1.82) is 0 Å². The minimum Gasteiger partial charge on any atom is -0.550 e. The monoisotopic (exact) mass is 170 g/mol. The first kappa shape index (κ1) is 10.8. The summed E-state index contributed by atoms with van der Waals surface area (Å²) >= 11 is 0. The van der Waals surface area contributed by atoms with Crippen LogP contribution in [0.2, 0.25) is 0 Å². The van der Waals surface area contributed by atoms with Crippen LogP contribution in [0.1, 0.15) is 20.8 Å². The zero-order valence-electron chi connectivity index (χ0n) is 7.65. The highest BCUT2D eigenvalue weighted by atomic mass is 16.4. The molecule has 0 saturated carbocycles. The lowest BCUT2D eigenvalue weighted by Crippen LogP contribution is -2.16. The molecule has 0 spiro atoms. The zero-order chi connectivity index (χ0) is 9.56. The fourth-order valence-electron chi connectivity index (χ4n) is 0.722. The van der Waals surface area contributed by atoms with Crippen LogP contribution >= 0.6 is 0 Å². The van der Waals surface area contributed by atoms with Gasteiger partial charge in [-0.05, 0) is 25.9 Å². The molecule has 0 radical (unpaired) electrons. The smallest absolute Gasteiger partial charge is 0.194 e. The summed E-state index contributed by atoms with van der Waals surface area (Å²) in [6.07, 6.45) is 4.11. The van der Waals surface area contributed by atoms with E-state index >= 15 is 0 Å². The molecule has 4 nitrogen and oxygen atoms in total. The summed E-state index contributed by atoms with van der Waals surface area (Å²) in [5.74, 6) is -1.08. The van der Waals surface area contributed by atoms with Crippen LogP contribution in [0.4, 0.5) is 0 Å². The maximum absolute atomic E-state index is 8.89. The third-order valence-electron chi connectivity index (χ3n) is 1.19. The number of aliphatic carboxylic acids is 1. The van der Waals surface area contributed by atoms with E-state index < -0.39 is 5.97 Å². The summed E-state index contributed by atoms with van der Waals surface area (Å²) < 4.78 is 1.95. The third-order valence-corrected chi connectivity index (χ3v) is 1.19. The number of nitrogens with zero attached hydrogens (tertiary/aromatic N) is 2. The van der Waals surface area contributed by atoms with Gasteiger partial charge in [-0.2, -0.15) is 0 Å². The van der Waals surface area contributed by atoms with Crippen LogP contribution in [0.25, 0.3) is 0 Å². The number of azo groups is 2. The topological polar surface area (TPSA) is 55.5 Å². The van der Waals surface area contributed by atoms with E-state index in [-0.39, 0.29) is 0 Å². The molecule has 0 aliphatic carbocycles. The molecule has 12 heavy (non-hydrogen) atoms. The summed E-state index contributed by atoms with van der Waals surface area (Å²) in [5, 5.41) is 13.1. The van der Waals surface area contributed by atoms with E-state index in [1.54, 1.807) is 0 Å². The Labute approximate surface area is 72.2 Å². The zero-order valence-corrected chi connectivity index (χ0v) is 7.65. The van der Waals surface area contributed by atoms with E-state index in [4.69, 9.17) is 9.90 Å². The molecule has 0 bridgehead atoms. The van der Waals surface area contributed by atoms with E-state index in [9.17, 15) is 0 Å². The fraction of sp³-hybridized carbons (Fsp3) is 0.625. The Morgan fingerprint density at radius 2 is 2.25 bits per heavy atom. The van der Waals surface area contributed by atoms with Crippen molar-refractivity contribution < 1.29 is 14.6 Å². The number of carboxylic acids is 1. The molecule has 1 rings (SSSR count). The lowest BCUT2D eigenvalue weighted by atomic mass is 10.4. The van der Waals surface area contributed by atoms with E-state index in [0.29, 0.717) is 6.04 Å². The van der Waals surface area contributed by atoms with Crippen LogP contribution in [-0.2, 0) is 4.79 Å². The van der Waals surface area contributed by atoms with Gasteiger partial charge in [-0.15, -0.1) is 0 Å². The first-order valence-electron chi connectivity index (χ1n) is 3.89. The average molecular weight is 170 g/mol. The predicted octanol–water partition coefficient (Wildman–Crippen LogP) is 0.143. The molecule has 0 aromatic rings. The van der Waals surface area contributed by atoms with Gasteiger partial charge in [0.25, 0.3) is 0 Å². The molecule has 0 saturated heterocycles. The van der Waals surface area contributed by atoms with Gasteiger partial charge in [-0.3, -0.25) is 0 Å². The Bertz CT molecular complexity index is 205. The summed E-state index contributed by atoms with van der Waals surface area (Å²) in [4.78, 5) is 8.89. The van der Waals surface area contributed by atoms with E-state index in [2.05, 4.69) is 25.0 Å². The number of rotatable bonds is 1. The fourth-order valence-corrected chi connectivity index (χ4v) is 0.722. The second kappa shape index (κ2) is 5.46. The van der Waals surface area contributed by atoms with Crippen molar-refractivity contribution >= 4 is 5.97 Å². The first-order chi connectivity index (χ1) is 5.56. The van der Waals surface area contributed by atoms with Crippen LogP contribution in [0, 0.1) is 0 Å². The average Bonchev–Trinajstić information content (AvgIpc) is 2.34. The van der Waals surface area contributed by atoms with Gasteiger partial charge in [0, 0.05) is 12.0 Å². The molecule has 0 aromatic carbocycles. The molecule has 1 atom stereocenters. The maximum atomic E-state index is 8.89. The minimum atomic E-state index is -1.08. The lowest BCUT2D eigenvalue weighted by molar-refractivity contribution is -0.520. The standard InChI is InChI=1S/C6H11N2.C2H4O2/c1-3-8-5-4-6(2)7-8;1-2(3)4/h4-6H,3H2,1-2H3;1H3,(H,3,4)/q+1;/p-1. The van der Waals surface area contributed by atoms with Gasteiger partial charge < -0.3 is 9.90 Å². The van der Waals surface area contributed by atoms with E-state index in [1.807, 2.05) is 10.9 Å². The minimum absolute atomic E-state index is 0.398. The van der Waals surface area contributed by atoms with E-state index in [0.717, 1.165) is 13.5 Å². The number of carboxylic acid groups (broad SMARTS) is 1. The molecule has 1 heterocycles. The largest absolute Gasteiger partial charge is 0.550 e. The molecule has 1 aliphatic rings. The van der Waals surface area contributed by atoms with Gasteiger partial charge in [0.15, 0.2) is 12.7 Å². The number of hydrogen-bond donors (Lipinski definition) is 0. The van der Waals surface area contributed by atoms with Crippen molar-refractivity contribution in [2.45, 2.75) is 26.8 Å². The summed E-state index contributed by atoms with van der Waals surface area (Å²) in [6, 6.07) is 0.398. The molecule has 0 amide bonds. The molecule has 1 unspecified atom stereocenters. The highest BCUT2D eigenvalue weighted by Crippen LogP contribution is 2.00. The Balaban J connectivity index is 0.000000261. The highest BCUT2D eigenvalue weighted by Gasteiger charge is 2.09. The molecule has 0 fully saturated rings. The van der Waals surface area contributed by atoms with Crippen molar-refractivity contribution in [2.75, 3.05) is 6.54 Å². The van der Waals surface area contributed by atoms with Gasteiger partial charge >= 0.3 is 0 Å². The normalized spacial score (nSPS) is 19.6. The highest BCUT2D eigenvalue weighted by molar-refractivity contribution is 5.60. The van der Waals surface area contributed by atoms with Crippen LogP contribution < -0.4 is 5.11 Å². The Morgan fingerprint density at radius 1 is 1.75 bits per heavy atom. The molecule has 0 N–H and O–H groups in total. The van der Waals surface area contributed by atoms with Crippen molar-refractivity contribution in [3.05, 3.63) is 12.3 Å². The Morgan fingerprint density at radius 3 is 2.42 bits per heavy atom. The number of carbonyl (C=O) groups excluding carboxylic acids is 1. The second-order valence-electron chi connectivity index (χ2n) is 2.44. The van der Waals surface area contributed by atoms with Crippen LogP contribution in [0.5, 0.6) is 0 Å². The number of hydrogen-bond acceptors (Lipinski definition) is 3. The molecular formula is C8H14N2O2. The Hall–Kier alpha value is -1.19. The summed E-state index contributed by atoms with van der Waals surface area (Å²) in [6.45, 7) is 6.12. The van der Waals surface area contributed by atoms with Gasteiger partial charge in [0.05, 0.1) is 0 Å². The van der Waals surface area contributed by atoms with Gasteiger partial charge in [-0.1, -0.05) is 4.70 Å². The number of carbonyl (C=O) groups is 1. The first-order valence-corrected chi connectivity index (χ1v) is 3.89.